The van der Waals surface area contributed by atoms with Crippen LogP contribution in [0.4, 0.5) is 0 Å². The smallest absolute Gasteiger partial charge is 0.330 e. The van der Waals surface area contributed by atoms with E-state index in [2.05, 4.69) is 9.97 Å². The standard InChI is InChI=1S/C27H23ClN4O5/c1-35-23-12-17(13-24(36-2)25(23)37-3)22-15-32(27(34)30-22)20-10-8-19(9-11-20)31-14-21(29-26(31)33)16-4-6-18(28)7-5-16/h4-15H,1-3H3,(H,29,33)(H,30,34). The highest BCUT2D eigenvalue weighted by atomic mass is 35.5. The number of ether oxygens (including phenoxy) is 3. The Morgan fingerprint density at radius 1 is 0.649 bits per heavy atom. The van der Waals surface area contributed by atoms with Gasteiger partial charge in [0.25, 0.3) is 0 Å². The summed E-state index contributed by atoms with van der Waals surface area (Å²) >= 11 is 5.96. The van der Waals surface area contributed by atoms with Crippen LogP contribution < -0.4 is 25.6 Å². The molecule has 2 heterocycles. The second-order valence-electron chi connectivity index (χ2n) is 8.12. The third-order valence-corrected chi connectivity index (χ3v) is 6.23. The number of nitrogens with zero attached hydrogens (tertiary/aromatic N) is 2. The lowest BCUT2D eigenvalue weighted by molar-refractivity contribution is 0.324. The number of halogens is 1. The summed E-state index contributed by atoms with van der Waals surface area (Å²) < 4.78 is 19.2. The molecule has 0 saturated heterocycles. The third-order valence-electron chi connectivity index (χ3n) is 5.97. The Kier molecular flexibility index (Phi) is 6.37. The second-order valence-corrected chi connectivity index (χ2v) is 8.56. The van der Waals surface area contributed by atoms with Crippen molar-refractivity contribution in [2.24, 2.45) is 0 Å². The third kappa shape index (κ3) is 4.52. The molecule has 0 radical (unpaired) electrons. The zero-order valence-corrected chi connectivity index (χ0v) is 21.0. The number of imidazole rings is 2. The molecule has 5 aromatic rings. The zero-order chi connectivity index (χ0) is 26.1. The minimum absolute atomic E-state index is 0.277. The van der Waals surface area contributed by atoms with E-state index in [9.17, 15) is 9.59 Å². The first kappa shape index (κ1) is 24.1. The number of benzene rings is 3. The molecule has 9 nitrogen and oxygen atoms in total. The molecule has 10 heteroatoms. The Balaban J connectivity index is 1.46. The van der Waals surface area contributed by atoms with Gasteiger partial charge in [-0.3, -0.25) is 9.13 Å². The summed E-state index contributed by atoms with van der Waals surface area (Å²) in [6.45, 7) is 0. The molecule has 188 valence electrons. The normalized spacial score (nSPS) is 10.9. The minimum Gasteiger partial charge on any atom is -0.493 e. The lowest BCUT2D eigenvalue weighted by Gasteiger charge is -2.13. The molecule has 0 atom stereocenters. The molecule has 0 saturated carbocycles. The Bertz CT molecular complexity index is 1650. The van der Waals surface area contributed by atoms with Crippen LogP contribution in [0, 0.1) is 0 Å². The summed E-state index contributed by atoms with van der Waals surface area (Å²) in [6.07, 6.45) is 3.42. The number of hydrogen-bond acceptors (Lipinski definition) is 5. The van der Waals surface area contributed by atoms with Crippen molar-refractivity contribution >= 4 is 11.6 Å². The van der Waals surface area contributed by atoms with Crippen LogP contribution in [0.1, 0.15) is 0 Å². The van der Waals surface area contributed by atoms with Crippen molar-refractivity contribution in [2.45, 2.75) is 0 Å². The van der Waals surface area contributed by atoms with Crippen LogP contribution in [0.25, 0.3) is 33.9 Å². The van der Waals surface area contributed by atoms with E-state index >= 15 is 0 Å². The Morgan fingerprint density at radius 3 is 1.54 bits per heavy atom. The molecule has 0 bridgehead atoms. The maximum absolute atomic E-state index is 12.8. The van der Waals surface area contributed by atoms with Crippen molar-refractivity contribution in [3.8, 4) is 51.1 Å². The first-order chi connectivity index (χ1) is 17.9. The molecule has 0 aliphatic rings. The number of methoxy groups -OCH3 is 3. The van der Waals surface area contributed by atoms with E-state index in [4.69, 9.17) is 25.8 Å². The van der Waals surface area contributed by atoms with Gasteiger partial charge in [-0.15, -0.1) is 0 Å². The van der Waals surface area contributed by atoms with Gasteiger partial charge in [-0.25, -0.2) is 9.59 Å². The van der Waals surface area contributed by atoms with Gasteiger partial charge in [0.05, 0.1) is 44.1 Å². The van der Waals surface area contributed by atoms with Gasteiger partial charge in [0.2, 0.25) is 5.75 Å². The molecule has 0 aliphatic carbocycles. The molecule has 0 amide bonds. The van der Waals surface area contributed by atoms with Gasteiger partial charge < -0.3 is 24.2 Å². The first-order valence-electron chi connectivity index (χ1n) is 11.2. The molecule has 5 rings (SSSR count). The van der Waals surface area contributed by atoms with E-state index < -0.39 is 0 Å². The molecule has 2 N–H and O–H groups in total. The van der Waals surface area contributed by atoms with E-state index in [1.165, 1.54) is 30.5 Å². The summed E-state index contributed by atoms with van der Waals surface area (Å²) in [7, 11) is 4.59. The molecule has 37 heavy (non-hydrogen) atoms. The van der Waals surface area contributed by atoms with Crippen LogP contribution in [0.15, 0.2) is 82.6 Å². The molecular weight excluding hydrogens is 496 g/mol. The van der Waals surface area contributed by atoms with E-state index in [0.717, 1.165) is 5.56 Å². The number of H-pyrrole nitrogens is 2. The average molecular weight is 519 g/mol. The SMILES string of the molecule is COc1cc(-c2cn(-c3ccc(-n4cc(-c5ccc(Cl)cc5)[nH]c4=O)cc3)c(=O)[nH]2)cc(OC)c1OC. The summed E-state index contributed by atoms with van der Waals surface area (Å²) in [4.78, 5) is 31.1. The molecule has 0 fully saturated rings. The van der Waals surface area contributed by atoms with Crippen LogP contribution in [-0.2, 0) is 0 Å². The number of rotatable bonds is 7. The van der Waals surface area contributed by atoms with Crippen LogP contribution in [0.2, 0.25) is 5.02 Å². The minimum atomic E-state index is -0.319. The van der Waals surface area contributed by atoms with Gasteiger partial charge in [-0.05, 0) is 54.1 Å². The quantitative estimate of drug-likeness (QED) is 0.326. The van der Waals surface area contributed by atoms with Crippen molar-refractivity contribution in [1.82, 2.24) is 19.1 Å². The summed E-state index contributed by atoms with van der Waals surface area (Å²) in [5, 5.41) is 0.620. The highest BCUT2D eigenvalue weighted by Gasteiger charge is 2.16. The van der Waals surface area contributed by atoms with Crippen molar-refractivity contribution in [2.75, 3.05) is 21.3 Å². The van der Waals surface area contributed by atoms with Gasteiger partial charge in [-0.2, -0.15) is 0 Å². The van der Waals surface area contributed by atoms with Gasteiger partial charge in [0, 0.05) is 23.0 Å². The molecule has 0 spiro atoms. The van der Waals surface area contributed by atoms with Gasteiger partial charge >= 0.3 is 11.4 Å². The summed E-state index contributed by atoms with van der Waals surface area (Å²) in [5.74, 6) is 1.42. The molecule has 0 unspecified atom stereocenters. The molecular formula is C27H23ClN4O5. The van der Waals surface area contributed by atoms with E-state index in [0.29, 0.717) is 50.6 Å². The van der Waals surface area contributed by atoms with Crippen molar-refractivity contribution in [1.29, 1.82) is 0 Å². The lowest BCUT2D eigenvalue weighted by Crippen LogP contribution is -2.15. The summed E-state index contributed by atoms with van der Waals surface area (Å²) in [5.41, 5.74) is 3.46. The number of hydrogen-bond donors (Lipinski definition) is 2. The maximum atomic E-state index is 12.8. The first-order valence-corrected chi connectivity index (χ1v) is 11.6. The monoisotopic (exact) mass is 518 g/mol. The molecule has 2 aromatic heterocycles. The van der Waals surface area contributed by atoms with Crippen LogP contribution in [0.3, 0.4) is 0 Å². The molecule has 3 aromatic carbocycles. The number of nitrogens with one attached hydrogen (secondary N) is 2. The van der Waals surface area contributed by atoms with Crippen LogP contribution in [0.5, 0.6) is 17.2 Å². The topological polar surface area (TPSA) is 103 Å². The van der Waals surface area contributed by atoms with Gasteiger partial charge in [0.15, 0.2) is 11.5 Å². The second kappa shape index (κ2) is 9.79. The maximum Gasteiger partial charge on any atom is 0.330 e. The van der Waals surface area contributed by atoms with Gasteiger partial charge in [0.1, 0.15) is 0 Å². The van der Waals surface area contributed by atoms with Crippen LogP contribution >= 0.6 is 11.6 Å². The van der Waals surface area contributed by atoms with E-state index in [1.54, 1.807) is 60.9 Å². The zero-order valence-electron chi connectivity index (χ0n) is 20.2. The Morgan fingerprint density at radius 2 is 1.11 bits per heavy atom. The number of aromatic nitrogens is 4. The Labute approximate surface area is 216 Å². The fraction of sp³-hybridized carbons (Fsp3) is 0.111. The van der Waals surface area contributed by atoms with Crippen molar-refractivity contribution in [3.63, 3.8) is 0 Å². The van der Waals surface area contributed by atoms with E-state index in [-0.39, 0.29) is 11.4 Å². The average Bonchev–Trinajstić information content (AvgIpc) is 3.50. The summed E-state index contributed by atoms with van der Waals surface area (Å²) in [6, 6.07) is 17.8. The lowest BCUT2D eigenvalue weighted by atomic mass is 10.1. The fourth-order valence-electron chi connectivity index (χ4n) is 4.11. The van der Waals surface area contributed by atoms with Crippen molar-refractivity contribution in [3.05, 3.63) is 99.0 Å². The number of aromatic amines is 2. The largest absolute Gasteiger partial charge is 0.493 e. The predicted molar refractivity (Wildman–Crippen MR) is 142 cm³/mol. The fourth-order valence-corrected chi connectivity index (χ4v) is 4.23. The van der Waals surface area contributed by atoms with E-state index in [1.807, 2.05) is 12.1 Å². The van der Waals surface area contributed by atoms with Crippen molar-refractivity contribution < 1.29 is 14.2 Å². The highest BCUT2D eigenvalue weighted by Crippen LogP contribution is 2.40. The van der Waals surface area contributed by atoms with Crippen LogP contribution in [-0.4, -0.2) is 40.4 Å². The predicted octanol–water partition coefficient (Wildman–Crippen LogP) is 4.66. The molecule has 0 aliphatic heterocycles. The Hall–Kier alpha value is -4.63. The van der Waals surface area contributed by atoms with Gasteiger partial charge in [-0.1, -0.05) is 23.7 Å². The highest BCUT2D eigenvalue weighted by molar-refractivity contribution is 6.30.